The van der Waals surface area contributed by atoms with E-state index in [4.69, 9.17) is 0 Å². The van der Waals surface area contributed by atoms with Gasteiger partial charge in [0.1, 0.15) is 0 Å². The zero-order valence-electron chi connectivity index (χ0n) is 9.03. The van der Waals surface area contributed by atoms with E-state index in [1.54, 1.807) is 0 Å². The number of hydrogen-bond acceptors (Lipinski definition) is 2. The first-order valence-electron chi connectivity index (χ1n) is 5.08. The summed E-state index contributed by atoms with van der Waals surface area (Å²) in [4.78, 5) is 1.27. The molecule has 0 spiro atoms. The van der Waals surface area contributed by atoms with Crippen molar-refractivity contribution < 1.29 is 5.11 Å². The lowest BCUT2D eigenvalue weighted by Crippen LogP contribution is -1.94. The van der Waals surface area contributed by atoms with Crippen LogP contribution < -0.4 is 0 Å². The molecule has 0 aliphatic rings. The van der Waals surface area contributed by atoms with Crippen LogP contribution in [0.2, 0.25) is 0 Å². The highest BCUT2D eigenvalue weighted by molar-refractivity contribution is 7.99. The first-order chi connectivity index (χ1) is 6.63. The lowest BCUT2D eigenvalue weighted by molar-refractivity contribution is 0.173. The fourth-order valence-corrected chi connectivity index (χ4v) is 2.11. The number of hydrogen-bond donors (Lipinski definition) is 1. The molecular weight excluding hydrogens is 192 g/mol. The SMILES string of the molecule is CCC(O)c1ccc(SC(C)C)cc1. The van der Waals surface area contributed by atoms with Crippen molar-refractivity contribution in [1.29, 1.82) is 0 Å². The lowest BCUT2D eigenvalue weighted by atomic mass is 10.1. The predicted octanol–water partition coefficient (Wildman–Crippen LogP) is 3.63. The number of aliphatic hydroxyl groups excluding tert-OH is 1. The molecule has 1 aromatic carbocycles. The van der Waals surface area contributed by atoms with E-state index in [1.165, 1.54) is 4.90 Å². The zero-order valence-corrected chi connectivity index (χ0v) is 9.84. The first-order valence-corrected chi connectivity index (χ1v) is 5.96. The van der Waals surface area contributed by atoms with Crippen molar-refractivity contribution in [2.75, 3.05) is 0 Å². The van der Waals surface area contributed by atoms with Gasteiger partial charge in [-0.2, -0.15) is 0 Å². The van der Waals surface area contributed by atoms with Crippen LogP contribution in [0.4, 0.5) is 0 Å². The summed E-state index contributed by atoms with van der Waals surface area (Å²) >= 11 is 1.84. The maximum atomic E-state index is 9.60. The Hall–Kier alpha value is -0.470. The highest BCUT2D eigenvalue weighted by Crippen LogP contribution is 2.25. The van der Waals surface area contributed by atoms with Crippen LogP contribution >= 0.6 is 11.8 Å². The smallest absolute Gasteiger partial charge is 0.0787 e. The molecule has 78 valence electrons. The molecule has 0 saturated carbocycles. The second kappa shape index (κ2) is 5.42. The minimum absolute atomic E-state index is 0.312. The van der Waals surface area contributed by atoms with Crippen molar-refractivity contribution in [3.63, 3.8) is 0 Å². The summed E-state index contributed by atoms with van der Waals surface area (Å²) < 4.78 is 0. The summed E-state index contributed by atoms with van der Waals surface area (Å²) in [5.41, 5.74) is 1.01. The molecule has 0 bridgehead atoms. The van der Waals surface area contributed by atoms with E-state index in [9.17, 15) is 5.11 Å². The Bertz CT molecular complexity index is 266. The highest BCUT2D eigenvalue weighted by Gasteiger charge is 2.04. The van der Waals surface area contributed by atoms with Gasteiger partial charge in [-0.05, 0) is 24.1 Å². The van der Waals surface area contributed by atoms with Crippen molar-refractivity contribution in [2.24, 2.45) is 0 Å². The second-order valence-electron chi connectivity index (χ2n) is 3.66. The van der Waals surface area contributed by atoms with Gasteiger partial charge in [-0.3, -0.25) is 0 Å². The van der Waals surface area contributed by atoms with E-state index >= 15 is 0 Å². The van der Waals surface area contributed by atoms with Gasteiger partial charge in [0.25, 0.3) is 0 Å². The molecule has 0 aromatic heterocycles. The van der Waals surface area contributed by atoms with Crippen LogP contribution in [0.25, 0.3) is 0 Å². The molecule has 0 heterocycles. The van der Waals surface area contributed by atoms with Gasteiger partial charge < -0.3 is 5.11 Å². The van der Waals surface area contributed by atoms with E-state index in [0.717, 1.165) is 12.0 Å². The minimum atomic E-state index is -0.312. The van der Waals surface area contributed by atoms with Crippen LogP contribution in [0.1, 0.15) is 38.9 Å². The van der Waals surface area contributed by atoms with Gasteiger partial charge in [-0.15, -0.1) is 11.8 Å². The van der Waals surface area contributed by atoms with E-state index in [-0.39, 0.29) is 6.10 Å². The van der Waals surface area contributed by atoms with Gasteiger partial charge in [0, 0.05) is 10.1 Å². The fraction of sp³-hybridized carbons (Fsp3) is 0.500. The molecule has 1 aromatic rings. The first kappa shape index (κ1) is 11.6. The molecule has 0 aliphatic carbocycles. The Balaban J connectivity index is 2.68. The Morgan fingerprint density at radius 1 is 1.21 bits per heavy atom. The molecule has 1 nitrogen and oxygen atoms in total. The van der Waals surface area contributed by atoms with Crippen molar-refractivity contribution in [1.82, 2.24) is 0 Å². The third-order valence-corrected chi connectivity index (χ3v) is 3.04. The van der Waals surface area contributed by atoms with Crippen LogP contribution in [0, 0.1) is 0 Å². The second-order valence-corrected chi connectivity index (χ2v) is 5.31. The van der Waals surface area contributed by atoms with E-state index < -0.39 is 0 Å². The van der Waals surface area contributed by atoms with Gasteiger partial charge in [0.15, 0.2) is 0 Å². The molecule has 1 atom stereocenters. The maximum absolute atomic E-state index is 9.60. The van der Waals surface area contributed by atoms with Crippen LogP contribution in [0.5, 0.6) is 0 Å². The third kappa shape index (κ3) is 3.35. The molecule has 0 saturated heterocycles. The van der Waals surface area contributed by atoms with Crippen molar-refractivity contribution in [3.8, 4) is 0 Å². The quantitative estimate of drug-likeness (QED) is 0.766. The van der Waals surface area contributed by atoms with Gasteiger partial charge in [0.05, 0.1) is 6.10 Å². The van der Waals surface area contributed by atoms with Crippen molar-refractivity contribution >= 4 is 11.8 Å². The normalized spacial score (nSPS) is 13.2. The van der Waals surface area contributed by atoms with Gasteiger partial charge in [-0.25, -0.2) is 0 Å². The number of thioether (sulfide) groups is 1. The minimum Gasteiger partial charge on any atom is -0.388 e. The van der Waals surface area contributed by atoms with E-state index in [0.29, 0.717) is 5.25 Å². The molecule has 14 heavy (non-hydrogen) atoms. The Morgan fingerprint density at radius 2 is 1.79 bits per heavy atom. The van der Waals surface area contributed by atoms with Gasteiger partial charge in [0.2, 0.25) is 0 Å². The highest BCUT2D eigenvalue weighted by atomic mass is 32.2. The maximum Gasteiger partial charge on any atom is 0.0787 e. The topological polar surface area (TPSA) is 20.2 Å². The summed E-state index contributed by atoms with van der Waals surface area (Å²) in [6.07, 6.45) is 0.463. The van der Waals surface area contributed by atoms with Crippen LogP contribution in [0.3, 0.4) is 0 Å². The molecule has 1 N–H and O–H groups in total. The van der Waals surface area contributed by atoms with Crippen LogP contribution in [0.15, 0.2) is 29.2 Å². The summed E-state index contributed by atoms with van der Waals surface area (Å²) in [5, 5.41) is 10.2. The van der Waals surface area contributed by atoms with Gasteiger partial charge >= 0.3 is 0 Å². The van der Waals surface area contributed by atoms with Crippen LogP contribution in [-0.2, 0) is 0 Å². The summed E-state index contributed by atoms with van der Waals surface area (Å²) in [6, 6.07) is 8.19. The monoisotopic (exact) mass is 210 g/mol. The third-order valence-electron chi connectivity index (χ3n) is 2.02. The summed E-state index contributed by atoms with van der Waals surface area (Å²) in [6.45, 7) is 6.35. The van der Waals surface area contributed by atoms with Crippen molar-refractivity contribution in [3.05, 3.63) is 29.8 Å². The zero-order chi connectivity index (χ0) is 10.6. The average Bonchev–Trinajstić information content (AvgIpc) is 2.17. The molecule has 0 amide bonds. The van der Waals surface area contributed by atoms with Crippen molar-refractivity contribution in [2.45, 2.75) is 43.4 Å². The number of benzene rings is 1. The number of rotatable bonds is 4. The molecular formula is C12H18OS. The predicted molar refractivity (Wildman–Crippen MR) is 62.7 cm³/mol. The summed E-state index contributed by atoms with van der Waals surface area (Å²) in [7, 11) is 0. The molecule has 1 rings (SSSR count). The largest absolute Gasteiger partial charge is 0.388 e. The Kier molecular flexibility index (Phi) is 4.49. The average molecular weight is 210 g/mol. The molecule has 0 fully saturated rings. The molecule has 0 radical (unpaired) electrons. The van der Waals surface area contributed by atoms with Gasteiger partial charge in [-0.1, -0.05) is 32.9 Å². The lowest BCUT2D eigenvalue weighted by Gasteiger charge is -2.09. The summed E-state index contributed by atoms with van der Waals surface area (Å²) in [5.74, 6) is 0. The molecule has 2 heteroatoms. The van der Waals surface area contributed by atoms with E-state index in [1.807, 2.05) is 30.8 Å². The number of aliphatic hydroxyl groups is 1. The Morgan fingerprint density at radius 3 is 2.21 bits per heavy atom. The Labute approximate surface area is 90.5 Å². The van der Waals surface area contributed by atoms with Crippen LogP contribution in [-0.4, -0.2) is 10.4 Å². The van der Waals surface area contributed by atoms with E-state index in [2.05, 4.69) is 26.0 Å². The molecule has 0 aliphatic heterocycles. The standard InChI is InChI=1S/C12H18OS/c1-4-12(13)10-5-7-11(8-6-10)14-9(2)3/h5-9,12-13H,4H2,1-3H3. The fourth-order valence-electron chi connectivity index (χ4n) is 1.28. The molecule has 1 unspecified atom stereocenters.